The second-order valence-electron chi connectivity index (χ2n) is 7.20. The molecule has 0 radical (unpaired) electrons. The van der Waals surface area contributed by atoms with Crippen LogP contribution in [-0.4, -0.2) is 37.2 Å². The van der Waals surface area contributed by atoms with Crippen LogP contribution in [0, 0.1) is 6.92 Å². The molecule has 0 saturated heterocycles. The van der Waals surface area contributed by atoms with E-state index in [0.717, 1.165) is 24.5 Å². The number of rotatable bonds is 5. The van der Waals surface area contributed by atoms with Crippen LogP contribution in [0.3, 0.4) is 0 Å². The van der Waals surface area contributed by atoms with E-state index >= 15 is 0 Å². The topological polar surface area (TPSA) is 75.9 Å². The SMILES string of the molecule is Cc1ccc(NC(=O)N(Cc2ccccc2C(F)(F)F)C2CC2)cc1-n1cnnn1. The van der Waals surface area contributed by atoms with Crippen molar-refractivity contribution in [2.75, 3.05) is 5.32 Å². The number of urea groups is 1. The van der Waals surface area contributed by atoms with Gasteiger partial charge < -0.3 is 10.2 Å². The van der Waals surface area contributed by atoms with Crippen LogP contribution >= 0.6 is 0 Å². The van der Waals surface area contributed by atoms with Crippen LogP contribution in [-0.2, 0) is 12.7 Å². The molecule has 0 atom stereocenters. The summed E-state index contributed by atoms with van der Waals surface area (Å²) in [4.78, 5) is 14.4. The highest BCUT2D eigenvalue weighted by Crippen LogP contribution is 2.35. The van der Waals surface area contributed by atoms with Gasteiger partial charge >= 0.3 is 12.2 Å². The third-order valence-corrected chi connectivity index (χ3v) is 4.97. The van der Waals surface area contributed by atoms with Crippen LogP contribution in [0.15, 0.2) is 48.8 Å². The molecule has 30 heavy (non-hydrogen) atoms. The van der Waals surface area contributed by atoms with E-state index in [2.05, 4.69) is 20.8 Å². The van der Waals surface area contributed by atoms with E-state index in [4.69, 9.17) is 0 Å². The van der Waals surface area contributed by atoms with Gasteiger partial charge in [-0.3, -0.25) is 0 Å². The standard InChI is InChI=1S/C20H19F3N6O/c1-13-6-7-15(10-18(13)29-12-24-26-27-29)25-19(30)28(16-8-9-16)11-14-4-2-3-5-17(14)20(21,22)23/h2-7,10,12,16H,8-9,11H2,1H3,(H,25,30). The minimum Gasteiger partial charge on any atom is -0.317 e. The number of alkyl halides is 3. The number of nitrogens with one attached hydrogen (secondary N) is 1. The Balaban J connectivity index is 1.56. The quantitative estimate of drug-likeness (QED) is 0.677. The van der Waals surface area contributed by atoms with Crippen molar-refractivity contribution >= 4 is 11.7 Å². The van der Waals surface area contributed by atoms with Crippen LogP contribution in [0.4, 0.5) is 23.7 Å². The zero-order chi connectivity index (χ0) is 21.3. The Morgan fingerprint density at radius 3 is 2.67 bits per heavy atom. The third kappa shape index (κ3) is 4.27. The summed E-state index contributed by atoms with van der Waals surface area (Å²) in [7, 11) is 0. The molecule has 10 heteroatoms. The van der Waals surface area contributed by atoms with Gasteiger partial charge in [-0.25, -0.2) is 9.48 Å². The maximum absolute atomic E-state index is 13.3. The first kappa shape index (κ1) is 19.9. The molecule has 1 saturated carbocycles. The van der Waals surface area contributed by atoms with E-state index in [1.807, 2.05) is 13.0 Å². The molecule has 0 spiro atoms. The number of aryl methyl sites for hydroxylation is 1. The molecular formula is C20H19F3N6O. The van der Waals surface area contributed by atoms with Crippen molar-refractivity contribution in [1.29, 1.82) is 0 Å². The van der Waals surface area contributed by atoms with Gasteiger partial charge in [-0.1, -0.05) is 24.3 Å². The van der Waals surface area contributed by atoms with Crippen molar-refractivity contribution in [2.45, 2.75) is 38.5 Å². The summed E-state index contributed by atoms with van der Waals surface area (Å²) in [5.74, 6) is 0. The zero-order valence-corrected chi connectivity index (χ0v) is 16.1. The van der Waals surface area contributed by atoms with E-state index < -0.39 is 17.8 Å². The molecule has 1 N–H and O–H groups in total. The van der Waals surface area contributed by atoms with Crippen LogP contribution in [0.25, 0.3) is 5.69 Å². The van der Waals surface area contributed by atoms with E-state index in [0.29, 0.717) is 11.4 Å². The van der Waals surface area contributed by atoms with Gasteiger partial charge in [-0.15, -0.1) is 5.10 Å². The molecule has 1 heterocycles. The van der Waals surface area contributed by atoms with Crippen LogP contribution in [0.1, 0.15) is 29.5 Å². The number of anilines is 1. The maximum Gasteiger partial charge on any atom is 0.416 e. The molecule has 4 rings (SSSR count). The van der Waals surface area contributed by atoms with E-state index in [9.17, 15) is 18.0 Å². The minimum atomic E-state index is -4.47. The number of hydrogen-bond donors (Lipinski definition) is 1. The second kappa shape index (κ2) is 7.77. The lowest BCUT2D eigenvalue weighted by Crippen LogP contribution is -2.36. The average Bonchev–Trinajstić information content (AvgIpc) is 3.40. The molecule has 1 fully saturated rings. The highest BCUT2D eigenvalue weighted by molar-refractivity contribution is 5.90. The first-order chi connectivity index (χ1) is 14.3. The number of benzene rings is 2. The molecule has 1 aliphatic rings. The summed E-state index contributed by atoms with van der Waals surface area (Å²) < 4.78 is 41.5. The van der Waals surface area contributed by atoms with E-state index in [1.165, 1.54) is 28.0 Å². The van der Waals surface area contributed by atoms with Gasteiger partial charge in [0.1, 0.15) is 6.33 Å². The lowest BCUT2D eigenvalue weighted by Gasteiger charge is -2.25. The van der Waals surface area contributed by atoms with Crippen molar-refractivity contribution in [3.05, 3.63) is 65.5 Å². The zero-order valence-electron chi connectivity index (χ0n) is 16.1. The lowest BCUT2D eigenvalue weighted by molar-refractivity contribution is -0.138. The molecular weight excluding hydrogens is 397 g/mol. The summed E-state index contributed by atoms with van der Waals surface area (Å²) in [6.07, 6.45) is -1.49. The Morgan fingerprint density at radius 1 is 1.23 bits per heavy atom. The first-order valence-electron chi connectivity index (χ1n) is 9.39. The van der Waals surface area contributed by atoms with E-state index in [-0.39, 0.29) is 18.2 Å². The predicted molar refractivity (Wildman–Crippen MR) is 103 cm³/mol. The highest BCUT2D eigenvalue weighted by atomic mass is 19.4. The van der Waals surface area contributed by atoms with Gasteiger partial charge in [-0.05, 0) is 59.5 Å². The van der Waals surface area contributed by atoms with Gasteiger partial charge in [0.15, 0.2) is 0 Å². The Morgan fingerprint density at radius 2 is 2.00 bits per heavy atom. The van der Waals surface area contributed by atoms with E-state index in [1.54, 1.807) is 18.2 Å². The predicted octanol–water partition coefficient (Wildman–Crippen LogP) is 4.19. The van der Waals surface area contributed by atoms with Crippen molar-refractivity contribution in [1.82, 2.24) is 25.1 Å². The lowest BCUT2D eigenvalue weighted by atomic mass is 10.1. The van der Waals surface area contributed by atoms with Gasteiger partial charge in [0.2, 0.25) is 0 Å². The molecule has 7 nitrogen and oxygen atoms in total. The van der Waals surface area contributed by atoms with Gasteiger partial charge in [0, 0.05) is 18.3 Å². The molecule has 1 aromatic heterocycles. The molecule has 0 aliphatic heterocycles. The van der Waals surface area contributed by atoms with Gasteiger partial charge in [0.05, 0.1) is 11.3 Å². The molecule has 0 bridgehead atoms. The fourth-order valence-electron chi connectivity index (χ4n) is 3.27. The summed E-state index contributed by atoms with van der Waals surface area (Å²) in [5.41, 5.74) is 1.45. The monoisotopic (exact) mass is 416 g/mol. The van der Waals surface area contributed by atoms with Crippen LogP contribution in [0.5, 0.6) is 0 Å². The number of tetrazole rings is 1. The Kier molecular flexibility index (Phi) is 5.15. The fraction of sp³-hybridized carbons (Fsp3) is 0.300. The van der Waals surface area contributed by atoms with Crippen molar-refractivity contribution < 1.29 is 18.0 Å². The minimum absolute atomic E-state index is 0.0734. The molecule has 156 valence electrons. The average molecular weight is 416 g/mol. The molecule has 1 aliphatic carbocycles. The first-order valence-corrected chi connectivity index (χ1v) is 9.39. The van der Waals surface area contributed by atoms with Gasteiger partial charge in [-0.2, -0.15) is 13.2 Å². The maximum atomic E-state index is 13.3. The Bertz CT molecular complexity index is 1050. The normalized spacial score (nSPS) is 13.9. The smallest absolute Gasteiger partial charge is 0.317 e. The number of hydrogen-bond acceptors (Lipinski definition) is 4. The number of nitrogens with zero attached hydrogens (tertiary/aromatic N) is 5. The van der Waals surface area contributed by atoms with Crippen molar-refractivity contribution in [3.8, 4) is 5.69 Å². The Labute approximate surface area is 170 Å². The van der Waals surface area contributed by atoms with Gasteiger partial charge in [0.25, 0.3) is 0 Å². The Hall–Kier alpha value is -3.43. The van der Waals surface area contributed by atoms with Crippen LogP contribution < -0.4 is 5.32 Å². The third-order valence-electron chi connectivity index (χ3n) is 4.97. The number of aromatic nitrogens is 4. The molecule has 0 unspecified atom stereocenters. The number of amides is 2. The van der Waals surface area contributed by atoms with Crippen molar-refractivity contribution in [3.63, 3.8) is 0 Å². The fourth-order valence-corrected chi connectivity index (χ4v) is 3.27. The largest absolute Gasteiger partial charge is 0.416 e. The summed E-state index contributed by atoms with van der Waals surface area (Å²) >= 11 is 0. The summed E-state index contributed by atoms with van der Waals surface area (Å²) in [6, 6.07) is 10.1. The molecule has 3 aromatic rings. The summed E-state index contributed by atoms with van der Waals surface area (Å²) in [5, 5.41) is 13.9. The number of halogens is 3. The second-order valence-corrected chi connectivity index (χ2v) is 7.20. The number of carbonyl (C=O) groups excluding carboxylic acids is 1. The molecule has 2 aromatic carbocycles. The van der Waals surface area contributed by atoms with Crippen molar-refractivity contribution in [2.24, 2.45) is 0 Å². The highest BCUT2D eigenvalue weighted by Gasteiger charge is 2.37. The number of carbonyl (C=O) groups is 1. The summed E-state index contributed by atoms with van der Waals surface area (Å²) in [6.45, 7) is 1.77. The molecule has 2 amide bonds. The van der Waals surface area contributed by atoms with Crippen LogP contribution in [0.2, 0.25) is 0 Å².